The first kappa shape index (κ1) is 15.4. The number of aryl methyl sites for hydroxylation is 2. The normalized spacial score (nSPS) is 11.5. The van der Waals surface area contributed by atoms with Gasteiger partial charge in [-0.1, -0.05) is 39.8 Å². The molecule has 0 saturated carbocycles. The quantitative estimate of drug-likeness (QED) is 0.894. The van der Waals surface area contributed by atoms with Gasteiger partial charge < -0.3 is 10.5 Å². The van der Waals surface area contributed by atoms with Crippen LogP contribution < -0.4 is 10.5 Å². The molecule has 0 unspecified atom stereocenters. The van der Waals surface area contributed by atoms with Gasteiger partial charge in [0.25, 0.3) is 0 Å². The predicted molar refractivity (Wildman–Crippen MR) is 88.0 cm³/mol. The molecule has 0 aliphatic carbocycles. The van der Waals surface area contributed by atoms with E-state index in [1.165, 1.54) is 11.1 Å². The lowest BCUT2D eigenvalue weighted by Gasteiger charge is -2.23. The minimum absolute atomic E-state index is 0.0161. The van der Waals surface area contributed by atoms with Gasteiger partial charge in [0.1, 0.15) is 5.75 Å². The number of aromatic nitrogens is 1. The van der Waals surface area contributed by atoms with Crippen molar-refractivity contribution in [3.8, 4) is 11.6 Å². The molecule has 0 bridgehead atoms. The topological polar surface area (TPSA) is 48.1 Å². The van der Waals surface area contributed by atoms with Gasteiger partial charge in [-0.05, 0) is 36.5 Å². The molecule has 0 aliphatic rings. The molecule has 1 aromatic carbocycles. The second-order valence-electron chi connectivity index (χ2n) is 6.43. The Hall–Kier alpha value is -2.03. The summed E-state index contributed by atoms with van der Waals surface area (Å²) in [6, 6.07) is 8.25. The SMILES string of the molecule is CCc1ccc(Oc2ncc(N)cc2C)c(C(C)(C)C)c1. The Balaban J connectivity index is 2.44. The number of anilines is 1. The first-order valence-electron chi connectivity index (χ1n) is 7.34. The van der Waals surface area contributed by atoms with Gasteiger partial charge >= 0.3 is 0 Å². The van der Waals surface area contributed by atoms with Crippen LogP contribution in [-0.4, -0.2) is 4.98 Å². The van der Waals surface area contributed by atoms with Gasteiger partial charge in [-0.15, -0.1) is 0 Å². The molecule has 0 saturated heterocycles. The van der Waals surface area contributed by atoms with Gasteiger partial charge in [-0.25, -0.2) is 4.98 Å². The molecule has 0 atom stereocenters. The van der Waals surface area contributed by atoms with Crippen molar-refractivity contribution in [2.75, 3.05) is 5.73 Å². The van der Waals surface area contributed by atoms with Gasteiger partial charge in [0.15, 0.2) is 0 Å². The van der Waals surface area contributed by atoms with Crippen molar-refractivity contribution in [3.63, 3.8) is 0 Å². The fourth-order valence-corrected chi connectivity index (χ4v) is 2.27. The van der Waals surface area contributed by atoms with Crippen LogP contribution in [-0.2, 0) is 11.8 Å². The van der Waals surface area contributed by atoms with Crippen molar-refractivity contribution in [3.05, 3.63) is 47.2 Å². The largest absolute Gasteiger partial charge is 0.438 e. The molecule has 0 radical (unpaired) electrons. The third kappa shape index (κ3) is 3.54. The molecule has 0 aliphatic heterocycles. The summed E-state index contributed by atoms with van der Waals surface area (Å²) in [5, 5.41) is 0. The summed E-state index contributed by atoms with van der Waals surface area (Å²) in [5.41, 5.74) is 9.85. The van der Waals surface area contributed by atoms with Crippen LogP contribution in [0.15, 0.2) is 30.5 Å². The van der Waals surface area contributed by atoms with E-state index in [1.807, 2.05) is 19.1 Å². The summed E-state index contributed by atoms with van der Waals surface area (Å²) in [6.45, 7) is 10.7. The van der Waals surface area contributed by atoms with Crippen LogP contribution in [0, 0.1) is 6.92 Å². The van der Waals surface area contributed by atoms with E-state index in [2.05, 4.69) is 44.8 Å². The third-order valence-electron chi connectivity index (χ3n) is 3.52. The Morgan fingerprint density at radius 3 is 2.48 bits per heavy atom. The maximum Gasteiger partial charge on any atom is 0.222 e. The Labute approximate surface area is 127 Å². The number of rotatable bonds is 3. The minimum atomic E-state index is 0.0161. The van der Waals surface area contributed by atoms with Crippen molar-refractivity contribution < 1.29 is 4.74 Å². The number of hydrogen-bond acceptors (Lipinski definition) is 3. The monoisotopic (exact) mass is 284 g/mol. The standard InChI is InChI=1S/C18H24N2O/c1-6-13-7-8-16(15(10-13)18(3,4)5)21-17-12(2)9-14(19)11-20-17/h7-11H,6,19H2,1-5H3. The van der Waals surface area contributed by atoms with Gasteiger partial charge in [0.2, 0.25) is 5.88 Å². The average Bonchev–Trinajstić information content (AvgIpc) is 2.41. The average molecular weight is 284 g/mol. The van der Waals surface area contributed by atoms with E-state index >= 15 is 0 Å². The van der Waals surface area contributed by atoms with Crippen molar-refractivity contribution in [1.29, 1.82) is 0 Å². The number of nitrogen functional groups attached to an aromatic ring is 1. The van der Waals surface area contributed by atoms with Crippen LogP contribution in [0.2, 0.25) is 0 Å². The van der Waals surface area contributed by atoms with E-state index < -0.39 is 0 Å². The molecule has 2 aromatic rings. The zero-order valence-corrected chi connectivity index (χ0v) is 13.5. The van der Waals surface area contributed by atoms with Crippen LogP contribution in [0.3, 0.4) is 0 Å². The minimum Gasteiger partial charge on any atom is -0.438 e. The molecule has 1 heterocycles. The molecule has 2 rings (SSSR count). The summed E-state index contributed by atoms with van der Waals surface area (Å²) >= 11 is 0. The van der Waals surface area contributed by atoms with Crippen LogP contribution >= 0.6 is 0 Å². The van der Waals surface area contributed by atoms with Crippen LogP contribution in [0.4, 0.5) is 5.69 Å². The Bertz CT molecular complexity index is 642. The van der Waals surface area contributed by atoms with Crippen LogP contribution in [0.25, 0.3) is 0 Å². The highest BCUT2D eigenvalue weighted by Crippen LogP contribution is 2.35. The molecule has 3 heteroatoms. The van der Waals surface area contributed by atoms with Gasteiger partial charge in [0.05, 0.1) is 11.9 Å². The smallest absolute Gasteiger partial charge is 0.222 e. The van der Waals surface area contributed by atoms with E-state index in [0.717, 1.165) is 17.7 Å². The molecule has 0 amide bonds. The summed E-state index contributed by atoms with van der Waals surface area (Å²) in [5.74, 6) is 1.47. The van der Waals surface area contributed by atoms with Gasteiger partial charge in [-0.2, -0.15) is 0 Å². The lowest BCUT2D eigenvalue weighted by atomic mass is 9.85. The molecule has 0 fully saturated rings. The Morgan fingerprint density at radius 1 is 1.19 bits per heavy atom. The second-order valence-corrected chi connectivity index (χ2v) is 6.43. The lowest BCUT2D eigenvalue weighted by Crippen LogP contribution is -2.13. The number of nitrogens with zero attached hydrogens (tertiary/aromatic N) is 1. The highest BCUT2D eigenvalue weighted by molar-refractivity contribution is 5.46. The number of ether oxygens (including phenoxy) is 1. The van der Waals surface area contributed by atoms with Crippen LogP contribution in [0.5, 0.6) is 11.6 Å². The first-order chi connectivity index (χ1) is 9.81. The first-order valence-corrected chi connectivity index (χ1v) is 7.34. The van der Waals surface area contributed by atoms with Crippen molar-refractivity contribution >= 4 is 5.69 Å². The summed E-state index contributed by atoms with van der Waals surface area (Å²) in [4.78, 5) is 4.29. The molecular formula is C18H24N2O. The molecule has 21 heavy (non-hydrogen) atoms. The summed E-state index contributed by atoms with van der Waals surface area (Å²) in [7, 11) is 0. The van der Waals surface area contributed by atoms with E-state index in [0.29, 0.717) is 11.6 Å². The lowest BCUT2D eigenvalue weighted by molar-refractivity contribution is 0.436. The second kappa shape index (κ2) is 5.76. The molecular weight excluding hydrogens is 260 g/mol. The molecule has 0 spiro atoms. The van der Waals surface area contributed by atoms with E-state index in [4.69, 9.17) is 10.5 Å². The molecule has 112 valence electrons. The van der Waals surface area contributed by atoms with Crippen molar-refractivity contribution in [2.45, 2.75) is 46.5 Å². The fourth-order valence-electron chi connectivity index (χ4n) is 2.27. The Kier molecular flexibility index (Phi) is 4.21. The highest BCUT2D eigenvalue weighted by Gasteiger charge is 2.20. The molecule has 1 aromatic heterocycles. The van der Waals surface area contributed by atoms with Crippen LogP contribution in [0.1, 0.15) is 44.4 Å². The molecule has 2 N–H and O–H groups in total. The highest BCUT2D eigenvalue weighted by atomic mass is 16.5. The third-order valence-corrected chi connectivity index (χ3v) is 3.52. The van der Waals surface area contributed by atoms with E-state index in [-0.39, 0.29) is 5.41 Å². The Morgan fingerprint density at radius 2 is 1.90 bits per heavy atom. The van der Waals surface area contributed by atoms with Gasteiger partial charge in [0, 0.05) is 11.1 Å². The number of hydrogen-bond donors (Lipinski definition) is 1. The number of nitrogens with two attached hydrogens (primary N) is 1. The van der Waals surface area contributed by atoms with Crippen molar-refractivity contribution in [2.24, 2.45) is 0 Å². The number of benzene rings is 1. The van der Waals surface area contributed by atoms with Crippen molar-refractivity contribution in [1.82, 2.24) is 4.98 Å². The summed E-state index contributed by atoms with van der Waals surface area (Å²) in [6.07, 6.45) is 2.64. The van der Waals surface area contributed by atoms with E-state index in [9.17, 15) is 0 Å². The zero-order valence-electron chi connectivity index (χ0n) is 13.5. The molecule has 3 nitrogen and oxygen atoms in total. The number of pyridine rings is 1. The maximum absolute atomic E-state index is 6.05. The predicted octanol–water partition coefficient (Wildman–Crippen LogP) is 4.62. The maximum atomic E-state index is 6.05. The summed E-state index contributed by atoms with van der Waals surface area (Å²) < 4.78 is 6.05. The van der Waals surface area contributed by atoms with Gasteiger partial charge in [-0.3, -0.25) is 0 Å². The van der Waals surface area contributed by atoms with E-state index in [1.54, 1.807) is 6.20 Å². The zero-order chi connectivity index (χ0) is 15.6. The fraction of sp³-hybridized carbons (Fsp3) is 0.389.